The number of hydrogen-bond acceptors (Lipinski definition) is 4. The van der Waals surface area contributed by atoms with Crippen molar-refractivity contribution in [2.24, 2.45) is 0 Å². The van der Waals surface area contributed by atoms with E-state index in [1.807, 2.05) is 22.7 Å². The van der Waals surface area contributed by atoms with Gasteiger partial charge in [-0.1, -0.05) is 194 Å². The molecule has 4 aromatic heterocycles. The van der Waals surface area contributed by atoms with Crippen LogP contribution in [0.25, 0.3) is 141 Å². The molecule has 4 heterocycles. The average molecular weight is 977 g/mol. The molecule has 0 atom stereocenters. The highest BCUT2D eigenvalue weighted by Gasteiger charge is 2.15. The lowest BCUT2D eigenvalue weighted by Crippen LogP contribution is -1.92. The highest BCUT2D eigenvalue weighted by molar-refractivity contribution is 7.26. The number of thiophene rings is 2. The van der Waals surface area contributed by atoms with Crippen molar-refractivity contribution in [3.05, 3.63) is 267 Å². The Morgan fingerprint density at radius 2 is 0.514 bits per heavy atom. The van der Waals surface area contributed by atoms with Gasteiger partial charge in [-0.05, 0) is 128 Å². The lowest BCUT2D eigenvalue weighted by Gasteiger charge is -2.12. The smallest absolute Gasteiger partial charge is 0.0715 e. The number of hydrogen-bond donors (Lipinski definition) is 0. The number of fused-ring (bicyclic) bond motifs is 6. The Kier molecular flexibility index (Phi) is 10.9. The maximum atomic E-state index is 5.32. The van der Waals surface area contributed by atoms with Crippen LogP contribution in [0.4, 0.5) is 0 Å². The molecule has 0 unspecified atom stereocenters. The third kappa shape index (κ3) is 8.26. The highest BCUT2D eigenvalue weighted by Crippen LogP contribution is 2.42. The fraction of sp³-hybridized carbons (Fsp3) is 0. The number of benzene rings is 10. The second kappa shape index (κ2) is 18.5. The molecule has 0 aliphatic carbocycles. The van der Waals surface area contributed by atoms with Crippen molar-refractivity contribution in [1.82, 2.24) is 9.97 Å². The van der Waals surface area contributed by atoms with Crippen LogP contribution in [-0.2, 0) is 0 Å². The average Bonchev–Trinajstić information content (AvgIpc) is 4.05. The number of nitrogens with zero attached hydrogens (tertiary/aromatic N) is 2. The van der Waals surface area contributed by atoms with Gasteiger partial charge in [-0.2, -0.15) is 0 Å². The largest absolute Gasteiger partial charge is 0.248 e. The predicted octanol–water partition coefficient (Wildman–Crippen LogP) is 20.2. The summed E-state index contributed by atoms with van der Waals surface area (Å²) in [5.74, 6) is 0. The minimum atomic E-state index is 0.943. The SMILES string of the molecule is c1ccc(-c2cc(-c3cccc(-c4ccc5sc6cc(-c7cccc(-c8cc(-c9ccc(-c%10ccc%11sc%12ccccc%12c%11c%10)cc9)cc(-c9ccccc9)n8)c7)ccc6c5c4)c3)cc(-c3ccccc3)n2)cc1. The monoisotopic (exact) mass is 976 g/mol. The van der Waals surface area contributed by atoms with Crippen molar-refractivity contribution in [3.8, 4) is 101 Å². The molecule has 0 saturated carbocycles. The zero-order valence-corrected chi connectivity index (χ0v) is 41.7. The fourth-order valence-corrected chi connectivity index (χ4v) is 12.7. The maximum Gasteiger partial charge on any atom is 0.0715 e. The number of rotatable bonds is 9. The zero-order valence-electron chi connectivity index (χ0n) is 40.1. The zero-order chi connectivity index (χ0) is 49.0. The van der Waals surface area contributed by atoms with Gasteiger partial charge in [-0.25, -0.2) is 9.97 Å². The van der Waals surface area contributed by atoms with Crippen LogP contribution >= 0.6 is 22.7 Å². The Morgan fingerprint density at radius 1 is 0.176 bits per heavy atom. The summed E-state index contributed by atoms with van der Waals surface area (Å²) in [7, 11) is 0. The molecular formula is C70H44N2S2. The van der Waals surface area contributed by atoms with Crippen LogP contribution < -0.4 is 0 Å². The summed E-state index contributed by atoms with van der Waals surface area (Å²) in [4.78, 5) is 10.4. The molecule has 0 aliphatic heterocycles. The molecule has 0 fully saturated rings. The van der Waals surface area contributed by atoms with Gasteiger partial charge in [-0.15, -0.1) is 22.7 Å². The molecule has 0 N–H and O–H groups in total. The molecule has 0 spiro atoms. The third-order valence-corrected chi connectivity index (χ3v) is 16.6. The molecule has 4 heteroatoms. The third-order valence-electron chi connectivity index (χ3n) is 14.3. The minimum absolute atomic E-state index is 0.943. The van der Waals surface area contributed by atoms with Crippen LogP contribution in [0.5, 0.6) is 0 Å². The van der Waals surface area contributed by atoms with E-state index in [0.717, 1.165) is 72.8 Å². The van der Waals surface area contributed by atoms with Crippen molar-refractivity contribution in [2.75, 3.05) is 0 Å². The molecule has 0 saturated heterocycles. The van der Waals surface area contributed by atoms with Gasteiger partial charge in [0.25, 0.3) is 0 Å². The van der Waals surface area contributed by atoms with Gasteiger partial charge in [0, 0.05) is 62.6 Å². The predicted molar refractivity (Wildman–Crippen MR) is 317 cm³/mol. The Balaban J connectivity index is 0.778. The van der Waals surface area contributed by atoms with Gasteiger partial charge in [-0.3, -0.25) is 0 Å². The summed E-state index contributed by atoms with van der Waals surface area (Å²) in [6.07, 6.45) is 0. The second-order valence-corrected chi connectivity index (χ2v) is 21.1. The molecule has 0 amide bonds. The van der Waals surface area contributed by atoms with E-state index < -0.39 is 0 Å². The van der Waals surface area contributed by atoms with E-state index in [-0.39, 0.29) is 0 Å². The highest BCUT2D eigenvalue weighted by atomic mass is 32.1. The van der Waals surface area contributed by atoms with Crippen LogP contribution in [0.15, 0.2) is 267 Å². The molecule has 0 radical (unpaired) electrons. The molecular weight excluding hydrogens is 933 g/mol. The van der Waals surface area contributed by atoms with Gasteiger partial charge in [0.1, 0.15) is 0 Å². The van der Waals surface area contributed by atoms with E-state index in [1.54, 1.807) is 0 Å². The van der Waals surface area contributed by atoms with Gasteiger partial charge in [0.15, 0.2) is 0 Å². The molecule has 2 nitrogen and oxygen atoms in total. The molecule has 74 heavy (non-hydrogen) atoms. The first-order valence-electron chi connectivity index (χ1n) is 25.0. The van der Waals surface area contributed by atoms with Gasteiger partial charge >= 0.3 is 0 Å². The molecule has 10 aromatic carbocycles. The summed E-state index contributed by atoms with van der Waals surface area (Å²) in [5, 5.41) is 5.18. The molecule has 14 rings (SSSR count). The van der Waals surface area contributed by atoms with E-state index in [4.69, 9.17) is 9.97 Å². The first kappa shape index (κ1) is 43.7. The van der Waals surface area contributed by atoms with Crippen LogP contribution in [0, 0.1) is 0 Å². The topological polar surface area (TPSA) is 25.8 Å². The van der Waals surface area contributed by atoms with E-state index >= 15 is 0 Å². The van der Waals surface area contributed by atoms with E-state index in [1.165, 1.54) is 68.2 Å². The molecule has 346 valence electrons. The van der Waals surface area contributed by atoms with Crippen LogP contribution in [-0.4, -0.2) is 9.97 Å². The summed E-state index contributed by atoms with van der Waals surface area (Å²) in [6, 6.07) is 96.5. The number of aromatic nitrogens is 2. The lowest BCUT2D eigenvalue weighted by atomic mass is 9.95. The quantitative estimate of drug-likeness (QED) is 0.144. The molecule has 0 bridgehead atoms. The van der Waals surface area contributed by atoms with E-state index in [2.05, 4.69) is 267 Å². The van der Waals surface area contributed by atoms with Crippen molar-refractivity contribution in [3.63, 3.8) is 0 Å². The summed E-state index contributed by atoms with van der Waals surface area (Å²) < 4.78 is 5.19. The van der Waals surface area contributed by atoms with E-state index in [9.17, 15) is 0 Å². The summed E-state index contributed by atoms with van der Waals surface area (Å²) in [6.45, 7) is 0. The van der Waals surface area contributed by atoms with Crippen LogP contribution in [0.2, 0.25) is 0 Å². The molecule has 14 aromatic rings. The lowest BCUT2D eigenvalue weighted by molar-refractivity contribution is 1.32. The van der Waals surface area contributed by atoms with E-state index in [0.29, 0.717) is 0 Å². The maximum absolute atomic E-state index is 5.32. The second-order valence-electron chi connectivity index (χ2n) is 18.9. The summed E-state index contributed by atoms with van der Waals surface area (Å²) >= 11 is 3.71. The Labute approximate surface area is 437 Å². The normalized spacial score (nSPS) is 11.5. The van der Waals surface area contributed by atoms with Gasteiger partial charge in [0.05, 0.1) is 22.8 Å². The van der Waals surface area contributed by atoms with Gasteiger partial charge < -0.3 is 0 Å². The van der Waals surface area contributed by atoms with Crippen LogP contribution in [0.1, 0.15) is 0 Å². The number of pyridine rings is 2. The standard InChI is InChI=1S/C70H44N2S2/c1-4-14-47(15-5-1)63-40-57(46-28-26-45(27-29-46)53-31-34-68-61(38-53)59-24-10-11-25-67(59)73-68)41-66(72-63)56-23-13-21-51(37-56)55-30-33-60-62-39-54(32-35-69(62)74-70(60)44-55)50-20-12-22-52(36-50)58-42-64(48-16-6-2-7-17-48)71-65(43-58)49-18-8-3-9-19-49/h1-44H. The summed E-state index contributed by atoms with van der Waals surface area (Å²) in [5.41, 5.74) is 19.9. The van der Waals surface area contributed by atoms with Crippen molar-refractivity contribution >= 4 is 63.0 Å². The Bertz CT molecular complexity index is 4340. The fourth-order valence-electron chi connectivity index (χ4n) is 10.4. The Morgan fingerprint density at radius 3 is 1.08 bits per heavy atom. The van der Waals surface area contributed by atoms with Crippen molar-refractivity contribution in [2.45, 2.75) is 0 Å². The van der Waals surface area contributed by atoms with Crippen molar-refractivity contribution < 1.29 is 0 Å². The van der Waals surface area contributed by atoms with Crippen molar-refractivity contribution in [1.29, 1.82) is 0 Å². The van der Waals surface area contributed by atoms with Crippen LogP contribution in [0.3, 0.4) is 0 Å². The first-order valence-corrected chi connectivity index (χ1v) is 26.6. The first-order chi connectivity index (χ1) is 36.6. The Hall–Kier alpha value is -9.06. The molecule has 0 aliphatic rings. The van der Waals surface area contributed by atoms with Gasteiger partial charge in [0.2, 0.25) is 0 Å². The minimum Gasteiger partial charge on any atom is -0.248 e.